The molecule has 0 N–H and O–H groups in total. The topological polar surface area (TPSA) is 26.3 Å². The van der Waals surface area contributed by atoms with Crippen molar-refractivity contribution < 1.29 is 13.9 Å². The zero-order chi connectivity index (χ0) is 12.3. The van der Waals surface area contributed by atoms with Crippen molar-refractivity contribution in [2.75, 3.05) is 7.11 Å². The molecule has 2 atom stereocenters. The van der Waals surface area contributed by atoms with Gasteiger partial charge in [0.25, 0.3) is 0 Å². The molecule has 1 rings (SSSR count). The van der Waals surface area contributed by atoms with E-state index >= 15 is 0 Å². The number of rotatable bonds is 4. The van der Waals surface area contributed by atoms with Gasteiger partial charge in [-0.25, -0.2) is 4.39 Å². The number of hydrogen-bond acceptors (Lipinski definition) is 2. The third-order valence-corrected chi connectivity index (χ3v) is 3.97. The summed E-state index contributed by atoms with van der Waals surface area (Å²) in [6.45, 7) is 3.43. The summed E-state index contributed by atoms with van der Waals surface area (Å²) in [5.74, 6) is -0.164. The number of alkyl halides is 1. The van der Waals surface area contributed by atoms with Crippen LogP contribution in [0.1, 0.15) is 25.3 Å². The normalized spacial score (nSPS) is 14.3. The molecule has 0 bridgehead atoms. The Morgan fingerprint density at radius 1 is 1.50 bits per heavy atom. The van der Waals surface area contributed by atoms with Crippen molar-refractivity contribution in [1.82, 2.24) is 0 Å². The van der Waals surface area contributed by atoms with Gasteiger partial charge in [0.1, 0.15) is 5.78 Å². The van der Waals surface area contributed by atoms with Crippen molar-refractivity contribution in [2.45, 2.75) is 24.6 Å². The van der Waals surface area contributed by atoms with Crippen molar-refractivity contribution in [2.24, 2.45) is 0 Å². The minimum absolute atomic E-state index is 0.0213. The molecule has 0 spiro atoms. The molecule has 0 fully saturated rings. The smallest absolute Gasteiger partial charge is 0.165 e. The van der Waals surface area contributed by atoms with E-state index in [0.717, 1.165) is 5.56 Å². The Morgan fingerprint density at radius 3 is 2.62 bits per heavy atom. The number of halogens is 2. The molecule has 0 saturated carbocycles. The Balaban J connectivity index is 3.00. The first-order valence-corrected chi connectivity index (χ1v) is 5.87. The maximum Gasteiger partial charge on any atom is 0.165 e. The summed E-state index contributed by atoms with van der Waals surface area (Å²) in [4.78, 5) is 11.0. The monoisotopic (exact) mass is 288 g/mol. The number of ether oxygens (including phenoxy) is 1. The highest BCUT2D eigenvalue weighted by molar-refractivity contribution is 9.10. The quantitative estimate of drug-likeness (QED) is 0.795. The van der Waals surface area contributed by atoms with E-state index in [1.165, 1.54) is 20.1 Å². The summed E-state index contributed by atoms with van der Waals surface area (Å²) in [5, 5.41) is 0. The van der Waals surface area contributed by atoms with Gasteiger partial charge in [0.05, 0.1) is 11.9 Å². The van der Waals surface area contributed by atoms with Gasteiger partial charge in [-0.2, -0.15) is 0 Å². The molecule has 1 aromatic carbocycles. The first-order valence-electron chi connectivity index (χ1n) is 4.95. The molecule has 4 heteroatoms. The number of benzene rings is 1. The third kappa shape index (κ3) is 2.82. The van der Waals surface area contributed by atoms with E-state index < -0.39 is 5.82 Å². The molecule has 16 heavy (non-hydrogen) atoms. The Bertz CT molecular complexity index is 393. The fraction of sp³-hybridized carbons (Fsp3) is 0.417. The van der Waals surface area contributed by atoms with E-state index in [2.05, 4.69) is 15.9 Å². The Labute approximate surface area is 103 Å². The van der Waals surface area contributed by atoms with Crippen molar-refractivity contribution in [3.63, 3.8) is 0 Å². The average molecular weight is 289 g/mol. The largest absolute Gasteiger partial charge is 0.494 e. The molecule has 0 radical (unpaired) electrons. The molecule has 2 nitrogen and oxygen atoms in total. The zero-order valence-electron chi connectivity index (χ0n) is 9.46. The van der Waals surface area contributed by atoms with Gasteiger partial charge in [0.2, 0.25) is 0 Å². The first kappa shape index (κ1) is 13.2. The van der Waals surface area contributed by atoms with Crippen LogP contribution < -0.4 is 4.74 Å². The van der Waals surface area contributed by atoms with Crippen LogP contribution in [0.2, 0.25) is 0 Å². The maximum absolute atomic E-state index is 13.2. The minimum Gasteiger partial charge on any atom is -0.494 e. The number of carbonyl (C=O) groups excluding carboxylic acids is 1. The van der Waals surface area contributed by atoms with Crippen LogP contribution in [0.15, 0.2) is 18.2 Å². The molecule has 2 unspecified atom stereocenters. The van der Waals surface area contributed by atoms with Crippen molar-refractivity contribution in [3.05, 3.63) is 29.6 Å². The second-order valence-corrected chi connectivity index (χ2v) is 4.68. The highest BCUT2D eigenvalue weighted by atomic mass is 79.9. The van der Waals surface area contributed by atoms with Crippen molar-refractivity contribution >= 4 is 21.7 Å². The standard InChI is InChI=1S/C12H14BrFO2/c1-7(12(13)8(2)15)9-4-5-10(14)11(6-9)16-3/h4-7,12H,1-3H3. The summed E-state index contributed by atoms with van der Waals surface area (Å²) in [6.07, 6.45) is 0. The zero-order valence-corrected chi connectivity index (χ0v) is 11.0. The Morgan fingerprint density at radius 2 is 2.12 bits per heavy atom. The second-order valence-electron chi connectivity index (χ2n) is 3.70. The predicted molar refractivity (Wildman–Crippen MR) is 64.8 cm³/mol. The van der Waals surface area contributed by atoms with E-state index in [4.69, 9.17) is 4.74 Å². The predicted octanol–water partition coefficient (Wildman–Crippen LogP) is 3.29. The van der Waals surface area contributed by atoms with Crippen LogP contribution in [-0.4, -0.2) is 17.7 Å². The molecular weight excluding hydrogens is 275 g/mol. The van der Waals surface area contributed by atoms with Crippen LogP contribution >= 0.6 is 15.9 Å². The average Bonchev–Trinajstić information content (AvgIpc) is 2.27. The number of methoxy groups -OCH3 is 1. The van der Waals surface area contributed by atoms with Crippen LogP contribution in [0.3, 0.4) is 0 Å². The number of hydrogen-bond donors (Lipinski definition) is 0. The molecule has 0 aliphatic heterocycles. The van der Waals surface area contributed by atoms with E-state index in [1.54, 1.807) is 12.1 Å². The van der Waals surface area contributed by atoms with Gasteiger partial charge in [-0.05, 0) is 24.6 Å². The third-order valence-electron chi connectivity index (χ3n) is 2.53. The van der Waals surface area contributed by atoms with Gasteiger partial charge in [-0.15, -0.1) is 0 Å². The van der Waals surface area contributed by atoms with Gasteiger partial charge in [0.15, 0.2) is 11.6 Å². The van der Waals surface area contributed by atoms with Crippen molar-refractivity contribution in [3.8, 4) is 5.75 Å². The molecule has 1 aromatic rings. The fourth-order valence-corrected chi connectivity index (χ4v) is 1.79. The Kier molecular flexibility index (Phi) is 4.47. The van der Waals surface area contributed by atoms with Crippen LogP contribution in [0, 0.1) is 5.82 Å². The minimum atomic E-state index is -0.396. The van der Waals surface area contributed by atoms with Crippen LogP contribution in [0.4, 0.5) is 4.39 Å². The van der Waals surface area contributed by atoms with Gasteiger partial charge in [0, 0.05) is 5.92 Å². The van der Waals surface area contributed by atoms with Gasteiger partial charge >= 0.3 is 0 Å². The van der Waals surface area contributed by atoms with E-state index in [-0.39, 0.29) is 22.3 Å². The van der Waals surface area contributed by atoms with Crippen LogP contribution in [0.5, 0.6) is 5.75 Å². The van der Waals surface area contributed by atoms with Gasteiger partial charge < -0.3 is 4.74 Å². The Hall–Kier alpha value is -0.900. The summed E-state index contributed by atoms with van der Waals surface area (Å²) in [7, 11) is 1.42. The molecule has 0 aliphatic rings. The number of ketones is 1. The molecular formula is C12H14BrFO2. The van der Waals surface area contributed by atoms with E-state index in [9.17, 15) is 9.18 Å². The number of Topliss-reactive ketones (excluding diaryl/α,β-unsaturated/α-hetero) is 1. The lowest BCUT2D eigenvalue weighted by Gasteiger charge is -2.17. The summed E-state index contributed by atoms with van der Waals surface area (Å²) >= 11 is 3.33. The molecule has 0 aliphatic carbocycles. The molecule has 0 aromatic heterocycles. The SMILES string of the molecule is COc1cc(C(C)C(Br)C(C)=O)ccc1F. The van der Waals surface area contributed by atoms with Crippen LogP contribution in [-0.2, 0) is 4.79 Å². The summed E-state index contributed by atoms with van der Waals surface area (Å²) in [6, 6.07) is 4.64. The second kappa shape index (κ2) is 5.43. The highest BCUT2D eigenvalue weighted by Gasteiger charge is 2.21. The first-order chi connectivity index (χ1) is 7.47. The van der Waals surface area contributed by atoms with E-state index in [1.807, 2.05) is 6.92 Å². The molecule has 0 saturated heterocycles. The lowest BCUT2D eigenvalue weighted by molar-refractivity contribution is -0.116. The lowest BCUT2D eigenvalue weighted by atomic mass is 9.96. The van der Waals surface area contributed by atoms with E-state index in [0.29, 0.717) is 0 Å². The number of carbonyl (C=O) groups is 1. The molecule has 0 heterocycles. The summed E-state index contributed by atoms with van der Waals surface area (Å²) in [5.41, 5.74) is 0.871. The fourth-order valence-electron chi connectivity index (χ4n) is 1.48. The van der Waals surface area contributed by atoms with Crippen LogP contribution in [0.25, 0.3) is 0 Å². The highest BCUT2D eigenvalue weighted by Crippen LogP contribution is 2.29. The van der Waals surface area contributed by atoms with Gasteiger partial charge in [-0.1, -0.05) is 28.9 Å². The molecule has 0 amide bonds. The maximum atomic E-state index is 13.2. The van der Waals surface area contributed by atoms with Gasteiger partial charge in [-0.3, -0.25) is 4.79 Å². The lowest BCUT2D eigenvalue weighted by Crippen LogP contribution is -2.17. The van der Waals surface area contributed by atoms with Crippen molar-refractivity contribution in [1.29, 1.82) is 0 Å². The summed E-state index contributed by atoms with van der Waals surface area (Å²) < 4.78 is 18.1. The molecule has 88 valence electrons.